The highest BCUT2D eigenvalue weighted by molar-refractivity contribution is 7.22. The molecule has 1 aromatic carbocycles. The number of aryl methyl sites for hydroxylation is 1. The molecule has 0 saturated carbocycles. The molecule has 6 heteroatoms. The highest BCUT2D eigenvalue weighted by Gasteiger charge is 2.29. The van der Waals surface area contributed by atoms with Gasteiger partial charge in [-0.3, -0.25) is 4.98 Å². The van der Waals surface area contributed by atoms with Crippen LogP contribution in [0.25, 0.3) is 21.3 Å². The topological polar surface area (TPSA) is 53.9 Å². The number of hydrogen-bond acceptors (Lipinski definition) is 6. The molecule has 1 aliphatic heterocycles. The maximum absolute atomic E-state index is 4.75. The second-order valence-corrected chi connectivity index (χ2v) is 7.81. The van der Waals surface area contributed by atoms with Gasteiger partial charge in [-0.05, 0) is 48.4 Å². The van der Waals surface area contributed by atoms with Crippen molar-refractivity contribution in [1.29, 1.82) is 0 Å². The molecule has 0 amide bonds. The smallest absolute Gasteiger partial charge is 0.186 e. The molecular weight excluding hydrogens is 354 g/mol. The molecule has 0 atom stereocenters. The number of aromatic nitrogens is 3. The third-order valence-electron chi connectivity index (χ3n) is 4.89. The Bertz CT molecular complexity index is 1070. The number of rotatable bonds is 4. The molecule has 1 fully saturated rings. The van der Waals surface area contributed by atoms with Crippen LogP contribution in [0.15, 0.2) is 61.1 Å². The first-order valence-corrected chi connectivity index (χ1v) is 9.82. The van der Waals surface area contributed by atoms with E-state index in [2.05, 4.69) is 51.4 Å². The van der Waals surface area contributed by atoms with Crippen LogP contribution >= 0.6 is 11.3 Å². The highest BCUT2D eigenvalue weighted by atomic mass is 32.1. The Labute approximate surface area is 161 Å². The summed E-state index contributed by atoms with van der Waals surface area (Å²) in [6.07, 6.45) is 5.56. The van der Waals surface area contributed by atoms with Crippen LogP contribution in [0, 0.1) is 6.92 Å². The molecule has 4 heterocycles. The molecule has 4 aromatic rings. The van der Waals surface area contributed by atoms with Crippen molar-refractivity contribution in [1.82, 2.24) is 15.0 Å². The fourth-order valence-electron chi connectivity index (χ4n) is 3.43. The number of pyridine rings is 2. The van der Waals surface area contributed by atoms with Gasteiger partial charge < -0.3 is 10.2 Å². The molecule has 5 rings (SSSR count). The van der Waals surface area contributed by atoms with E-state index in [1.807, 2.05) is 36.8 Å². The zero-order valence-corrected chi connectivity index (χ0v) is 15.8. The van der Waals surface area contributed by atoms with Gasteiger partial charge in [0.25, 0.3) is 0 Å². The molecule has 3 aromatic heterocycles. The van der Waals surface area contributed by atoms with Crippen molar-refractivity contribution in [3.8, 4) is 11.1 Å². The van der Waals surface area contributed by atoms with Crippen molar-refractivity contribution in [3.63, 3.8) is 0 Å². The number of para-hydroxylation sites is 1. The van der Waals surface area contributed by atoms with Crippen LogP contribution in [0.3, 0.4) is 0 Å². The van der Waals surface area contributed by atoms with Crippen molar-refractivity contribution in [2.75, 3.05) is 23.3 Å². The first-order valence-electron chi connectivity index (χ1n) is 9.01. The number of hydrogen-bond donors (Lipinski definition) is 1. The van der Waals surface area contributed by atoms with E-state index in [1.54, 1.807) is 11.3 Å². The van der Waals surface area contributed by atoms with E-state index in [9.17, 15) is 0 Å². The maximum Gasteiger partial charge on any atom is 0.186 e. The first-order chi connectivity index (χ1) is 13.3. The van der Waals surface area contributed by atoms with Gasteiger partial charge in [-0.2, -0.15) is 0 Å². The van der Waals surface area contributed by atoms with Crippen molar-refractivity contribution < 1.29 is 0 Å². The lowest BCUT2D eigenvalue weighted by Crippen LogP contribution is -2.55. The summed E-state index contributed by atoms with van der Waals surface area (Å²) in [5.41, 5.74) is 4.52. The number of fused-ring (bicyclic) bond motifs is 1. The fourth-order valence-corrected chi connectivity index (χ4v) is 4.41. The van der Waals surface area contributed by atoms with Crippen LogP contribution in [-0.4, -0.2) is 34.1 Å². The summed E-state index contributed by atoms with van der Waals surface area (Å²) in [5, 5.41) is 4.71. The highest BCUT2D eigenvalue weighted by Crippen LogP contribution is 2.33. The quantitative estimate of drug-likeness (QED) is 0.576. The van der Waals surface area contributed by atoms with E-state index < -0.39 is 0 Å². The Morgan fingerprint density at radius 1 is 1.04 bits per heavy atom. The normalized spacial score (nSPS) is 14.3. The Balaban J connectivity index is 1.32. The summed E-state index contributed by atoms with van der Waals surface area (Å²) in [6.45, 7) is 3.95. The molecule has 5 nitrogen and oxygen atoms in total. The number of anilines is 2. The number of nitrogens with one attached hydrogen (secondary N) is 1. The molecule has 0 spiro atoms. The van der Waals surface area contributed by atoms with Crippen LogP contribution < -0.4 is 10.2 Å². The lowest BCUT2D eigenvalue weighted by Gasteiger charge is -2.39. The summed E-state index contributed by atoms with van der Waals surface area (Å²) in [5.74, 6) is 0.931. The van der Waals surface area contributed by atoms with Crippen molar-refractivity contribution in [2.45, 2.75) is 13.0 Å². The maximum atomic E-state index is 4.75. The number of nitrogens with zero attached hydrogens (tertiary/aromatic N) is 4. The van der Waals surface area contributed by atoms with E-state index in [0.29, 0.717) is 6.04 Å². The van der Waals surface area contributed by atoms with E-state index in [4.69, 9.17) is 4.98 Å². The van der Waals surface area contributed by atoms with Crippen molar-refractivity contribution in [3.05, 3.63) is 66.6 Å². The van der Waals surface area contributed by atoms with Crippen molar-refractivity contribution in [2.24, 2.45) is 0 Å². The van der Waals surface area contributed by atoms with Crippen LogP contribution in [0.1, 0.15) is 5.56 Å². The Morgan fingerprint density at radius 3 is 2.78 bits per heavy atom. The minimum absolute atomic E-state index is 0.368. The summed E-state index contributed by atoms with van der Waals surface area (Å²) in [7, 11) is 0. The SMILES string of the molecule is Cc1cnccc1-c1cccnc1NC1CN(c2nc3ccccc3s2)C1. The minimum Gasteiger partial charge on any atom is -0.363 e. The third-order valence-corrected chi connectivity index (χ3v) is 5.99. The van der Waals surface area contributed by atoms with Gasteiger partial charge in [-0.25, -0.2) is 9.97 Å². The first kappa shape index (κ1) is 16.2. The van der Waals surface area contributed by atoms with Crippen molar-refractivity contribution >= 4 is 32.5 Å². The van der Waals surface area contributed by atoms with Gasteiger partial charge in [0.1, 0.15) is 5.82 Å². The summed E-state index contributed by atoms with van der Waals surface area (Å²) < 4.78 is 1.24. The zero-order chi connectivity index (χ0) is 18.2. The molecule has 134 valence electrons. The predicted molar refractivity (Wildman–Crippen MR) is 111 cm³/mol. The van der Waals surface area contributed by atoms with E-state index >= 15 is 0 Å². The van der Waals surface area contributed by atoms with Crippen LogP contribution in [-0.2, 0) is 0 Å². The lowest BCUT2D eigenvalue weighted by atomic mass is 10.0. The molecule has 27 heavy (non-hydrogen) atoms. The summed E-state index contributed by atoms with van der Waals surface area (Å²) in [6, 6.07) is 14.8. The van der Waals surface area contributed by atoms with Gasteiger partial charge in [-0.15, -0.1) is 0 Å². The fraction of sp³-hybridized carbons (Fsp3) is 0.190. The number of benzene rings is 1. The minimum atomic E-state index is 0.368. The standard InChI is InChI=1S/C21H19N5S/c1-14-11-22-10-8-16(14)17-5-4-9-23-20(17)24-15-12-26(13-15)21-25-18-6-2-3-7-19(18)27-21/h2-11,15H,12-13H2,1H3,(H,23,24). The molecule has 0 aliphatic carbocycles. The average molecular weight is 373 g/mol. The predicted octanol–water partition coefficient (Wildman–Crippen LogP) is 4.36. The van der Waals surface area contributed by atoms with E-state index in [1.165, 1.54) is 10.3 Å². The van der Waals surface area contributed by atoms with Gasteiger partial charge in [-0.1, -0.05) is 23.5 Å². The van der Waals surface area contributed by atoms with Crippen LogP contribution in [0.5, 0.6) is 0 Å². The van der Waals surface area contributed by atoms with Crippen LogP contribution in [0.4, 0.5) is 10.9 Å². The number of thiazole rings is 1. The van der Waals surface area contributed by atoms with Crippen LogP contribution in [0.2, 0.25) is 0 Å². The monoisotopic (exact) mass is 373 g/mol. The van der Waals surface area contributed by atoms with Gasteiger partial charge in [0, 0.05) is 37.2 Å². The molecule has 1 N–H and O–H groups in total. The molecule has 0 unspecified atom stereocenters. The van der Waals surface area contributed by atoms with E-state index in [-0.39, 0.29) is 0 Å². The van der Waals surface area contributed by atoms with Gasteiger partial charge in [0.2, 0.25) is 0 Å². The molecule has 1 aliphatic rings. The van der Waals surface area contributed by atoms with Gasteiger partial charge in [0.15, 0.2) is 5.13 Å². The summed E-state index contributed by atoms with van der Waals surface area (Å²) >= 11 is 1.76. The summed E-state index contributed by atoms with van der Waals surface area (Å²) in [4.78, 5) is 15.9. The molecule has 0 radical (unpaired) electrons. The van der Waals surface area contributed by atoms with Gasteiger partial charge >= 0.3 is 0 Å². The molecule has 0 bridgehead atoms. The van der Waals surface area contributed by atoms with Gasteiger partial charge in [0.05, 0.1) is 16.3 Å². The molecular formula is C21H19N5S. The Kier molecular flexibility index (Phi) is 3.98. The molecule has 1 saturated heterocycles. The lowest BCUT2D eigenvalue weighted by molar-refractivity contribution is 0.548. The third kappa shape index (κ3) is 3.02. The Morgan fingerprint density at radius 2 is 1.93 bits per heavy atom. The Hall–Kier alpha value is -2.99. The van der Waals surface area contributed by atoms with E-state index in [0.717, 1.165) is 40.7 Å². The zero-order valence-electron chi connectivity index (χ0n) is 15.0. The average Bonchev–Trinajstić information content (AvgIpc) is 3.08. The second-order valence-electron chi connectivity index (χ2n) is 6.80. The second kappa shape index (κ2) is 6.63. The largest absolute Gasteiger partial charge is 0.363 e.